The van der Waals surface area contributed by atoms with Gasteiger partial charge in [-0.05, 0) is 38.0 Å². The van der Waals surface area contributed by atoms with Gasteiger partial charge in [0.15, 0.2) is 5.82 Å². The standard InChI is InChI=1S/C16H18FN3O2/c1-11-13(6-8-18-11)16(21)20-9-3-4-12(10-20)22-15-14(17)5-2-7-19-15/h2,5-8,12,18H,3-4,9-10H2,1H3. The fourth-order valence-corrected chi connectivity index (χ4v) is 2.69. The third-order valence-electron chi connectivity index (χ3n) is 3.85. The lowest BCUT2D eigenvalue weighted by Gasteiger charge is -2.32. The molecule has 2 aromatic heterocycles. The van der Waals surface area contributed by atoms with E-state index in [9.17, 15) is 9.18 Å². The maximum atomic E-state index is 13.6. The zero-order valence-corrected chi connectivity index (χ0v) is 12.4. The maximum Gasteiger partial charge on any atom is 0.255 e. The Morgan fingerprint density at radius 2 is 2.36 bits per heavy atom. The van der Waals surface area contributed by atoms with Crippen LogP contribution in [0.5, 0.6) is 5.88 Å². The molecule has 22 heavy (non-hydrogen) atoms. The quantitative estimate of drug-likeness (QED) is 0.948. The van der Waals surface area contributed by atoms with Crippen LogP contribution in [0.25, 0.3) is 0 Å². The Balaban J connectivity index is 1.68. The first-order valence-electron chi connectivity index (χ1n) is 7.35. The van der Waals surface area contributed by atoms with Crippen LogP contribution in [-0.4, -0.2) is 40.0 Å². The molecule has 0 radical (unpaired) electrons. The van der Waals surface area contributed by atoms with Gasteiger partial charge in [0.05, 0.1) is 12.1 Å². The van der Waals surface area contributed by atoms with Gasteiger partial charge in [-0.15, -0.1) is 0 Å². The molecule has 0 bridgehead atoms. The van der Waals surface area contributed by atoms with Crippen LogP contribution in [0.2, 0.25) is 0 Å². The number of hydrogen-bond donors (Lipinski definition) is 1. The fraction of sp³-hybridized carbons (Fsp3) is 0.375. The second kappa shape index (κ2) is 6.17. The van der Waals surface area contributed by atoms with E-state index in [0.29, 0.717) is 18.7 Å². The molecule has 1 fully saturated rings. The molecular formula is C16H18FN3O2. The number of likely N-dealkylation sites (tertiary alicyclic amines) is 1. The van der Waals surface area contributed by atoms with Gasteiger partial charge in [-0.2, -0.15) is 0 Å². The third-order valence-corrected chi connectivity index (χ3v) is 3.85. The smallest absolute Gasteiger partial charge is 0.255 e. The summed E-state index contributed by atoms with van der Waals surface area (Å²) in [5.41, 5.74) is 1.52. The van der Waals surface area contributed by atoms with Crippen LogP contribution in [0.1, 0.15) is 28.9 Å². The van der Waals surface area contributed by atoms with E-state index in [4.69, 9.17) is 4.74 Å². The molecule has 0 spiro atoms. The summed E-state index contributed by atoms with van der Waals surface area (Å²) in [6, 6.07) is 4.62. The molecule has 1 atom stereocenters. The predicted octanol–water partition coefficient (Wildman–Crippen LogP) is 2.54. The van der Waals surface area contributed by atoms with Crippen molar-refractivity contribution in [1.29, 1.82) is 0 Å². The van der Waals surface area contributed by atoms with Crippen molar-refractivity contribution >= 4 is 5.91 Å². The minimum absolute atomic E-state index is 0.000348. The zero-order valence-electron chi connectivity index (χ0n) is 12.4. The van der Waals surface area contributed by atoms with Crippen molar-refractivity contribution in [1.82, 2.24) is 14.9 Å². The van der Waals surface area contributed by atoms with E-state index in [1.165, 1.54) is 18.3 Å². The van der Waals surface area contributed by atoms with Crippen LogP contribution in [0.15, 0.2) is 30.6 Å². The van der Waals surface area contributed by atoms with Crippen molar-refractivity contribution in [3.05, 3.63) is 47.7 Å². The number of piperidine rings is 1. The Hall–Kier alpha value is -2.37. The molecule has 116 valence electrons. The molecule has 0 aliphatic carbocycles. The SMILES string of the molecule is Cc1[nH]ccc1C(=O)N1CCCC(Oc2ncccc2F)C1. The molecule has 3 rings (SSSR count). The predicted molar refractivity (Wildman–Crippen MR) is 79.3 cm³/mol. The molecule has 1 saturated heterocycles. The summed E-state index contributed by atoms with van der Waals surface area (Å²) in [5.74, 6) is -0.499. The molecule has 1 aliphatic rings. The van der Waals surface area contributed by atoms with Gasteiger partial charge in [-0.1, -0.05) is 0 Å². The van der Waals surface area contributed by atoms with Crippen LogP contribution in [0.3, 0.4) is 0 Å². The summed E-state index contributed by atoms with van der Waals surface area (Å²) in [7, 11) is 0. The van der Waals surface area contributed by atoms with E-state index in [1.807, 2.05) is 6.92 Å². The van der Waals surface area contributed by atoms with Gasteiger partial charge in [-0.25, -0.2) is 9.37 Å². The molecule has 3 heterocycles. The Morgan fingerprint density at radius 1 is 1.50 bits per heavy atom. The molecule has 0 aromatic carbocycles. The molecule has 0 saturated carbocycles. The minimum atomic E-state index is -0.479. The number of aryl methyl sites for hydroxylation is 1. The number of amides is 1. The van der Waals surface area contributed by atoms with Crippen molar-refractivity contribution in [3.63, 3.8) is 0 Å². The number of rotatable bonds is 3. The third kappa shape index (κ3) is 2.95. The second-order valence-electron chi connectivity index (χ2n) is 5.44. The van der Waals surface area contributed by atoms with E-state index in [0.717, 1.165) is 18.5 Å². The molecule has 1 unspecified atom stereocenters. The lowest BCUT2D eigenvalue weighted by Crippen LogP contribution is -2.44. The number of hydrogen-bond acceptors (Lipinski definition) is 3. The summed E-state index contributed by atoms with van der Waals surface area (Å²) in [6.07, 6.45) is 4.62. The van der Waals surface area contributed by atoms with E-state index >= 15 is 0 Å². The molecule has 1 aliphatic heterocycles. The van der Waals surface area contributed by atoms with Crippen LogP contribution in [-0.2, 0) is 0 Å². The number of H-pyrrole nitrogens is 1. The van der Waals surface area contributed by atoms with Gasteiger partial charge < -0.3 is 14.6 Å². The number of carbonyl (C=O) groups is 1. The number of carbonyl (C=O) groups excluding carboxylic acids is 1. The highest BCUT2D eigenvalue weighted by Crippen LogP contribution is 2.21. The number of nitrogens with one attached hydrogen (secondary N) is 1. The molecular weight excluding hydrogens is 285 g/mol. The Kier molecular flexibility index (Phi) is 4.09. The molecule has 5 nitrogen and oxygen atoms in total. The highest BCUT2D eigenvalue weighted by Gasteiger charge is 2.27. The van der Waals surface area contributed by atoms with Crippen LogP contribution >= 0.6 is 0 Å². The molecule has 6 heteroatoms. The lowest BCUT2D eigenvalue weighted by atomic mass is 10.1. The highest BCUT2D eigenvalue weighted by molar-refractivity contribution is 5.95. The number of nitrogens with zero attached hydrogens (tertiary/aromatic N) is 2. The van der Waals surface area contributed by atoms with Crippen molar-refractivity contribution in [2.24, 2.45) is 0 Å². The molecule has 1 N–H and O–H groups in total. The molecule has 1 amide bonds. The number of aromatic amines is 1. The largest absolute Gasteiger partial charge is 0.470 e. The summed E-state index contributed by atoms with van der Waals surface area (Å²) in [5, 5.41) is 0. The summed E-state index contributed by atoms with van der Waals surface area (Å²) < 4.78 is 19.2. The Morgan fingerprint density at radius 3 is 3.09 bits per heavy atom. The topological polar surface area (TPSA) is 58.2 Å². The van der Waals surface area contributed by atoms with Gasteiger partial charge in [0.2, 0.25) is 0 Å². The van der Waals surface area contributed by atoms with E-state index in [2.05, 4.69) is 9.97 Å². The molecule has 2 aromatic rings. The highest BCUT2D eigenvalue weighted by atomic mass is 19.1. The van der Waals surface area contributed by atoms with Gasteiger partial charge >= 0.3 is 0 Å². The Bertz CT molecular complexity index is 671. The van der Waals surface area contributed by atoms with Gasteiger partial charge in [0.1, 0.15) is 6.10 Å². The average Bonchev–Trinajstić information content (AvgIpc) is 2.95. The van der Waals surface area contributed by atoms with Crippen LogP contribution in [0.4, 0.5) is 4.39 Å². The van der Waals surface area contributed by atoms with Crippen LogP contribution < -0.4 is 4.74 Å². The van der Waals surface area contributed by atoms with Gasteiger partial charge in [0, 0.05) is 24.6 Å². The first-order chi connectivity index (χ1) is 10.6. The fourth-order valence-electron chi connectivity index (χ4n) is 2.69. The summed E-state index contributed by atoms with van der Waals surface area (Å²) in [6.45, 7) is 3.00. The minimum Gasteiger partial charge on any atom is -0.470 e. The second-order valence-corrected chi connectivity index (χ2v) is 5.44. The monoisotopic (exact) mass is 303 g/mol. The van der Waals surface area contributed by atoms with E-state index in [-0.39, 0.29) is 17.9 Å². The zero-order chi connectivity index (χ0) is 15.5. The Labute approximate surface area is 128 Å². The van der Waals surface area contributed by atoms with Gasteiger partial charge in [-0.3, -0.25) is 4.79 Å². The van der Waals surface area contributed by atoms with E-state index in [1.54, 1.807) is 17.2 Å². The lowest BCUT2D eigenvalue weighted by molar-refractivity contribution is 0.0517. The van der Waals surface area contributed by atoms with E-state index < -0.39 is 5.82 Å². The van der Waals surface area contributed by atoms with Crippen molar-refractivity contribution in [3.8, 4) is 5.88 Å². The van der Waals surface area contributed by atoms with Crippen molar-refractivity contribution < 1.29 is 13.9 Å². The number of halogens is 1. The van der Waals surface area contributed by atoms with Gasteiger partial charge in [0.25, 0.3) is 11.8 Å². The van der Waals surface area contributed by atoms with Crippen molar-refractivity contribution in [2.45, 2.75) is 25.9 Å². The maximum absolute atomic E-state index is 13.6. The normalized spacial score (nSPS) is 18.3. The first-order valence-corrected chi connectivity index (χ1v) is 7.35. The van der Waals surface area contributed by atoms with Crippen molar-refractivity contribution in [2.75, 3.05) is 13.1 Å². The van der Waals surface area contributed by atoms with Crippen LogP contribution in [0, 0.1) is 12.7 Å². The average molecular weight is 303 g/mol. The summed E-state index contributed by atoms with van der Waals surface area (Å²) in [4.78, 5) is 21.2. The number of ether oxygens (including phenoxy) is 1. The summed E-state index contributed by atoms with van der Waals surface area (Å²) >= 11 is 0. The number of aromatic nitrogens is 2. The number of pyridine rings is 1. The first kappa shape index (κ1) is 14.6.